The van der Waals surface area contributed by atoms with Gasteiger partial charge < -0.3 is 42.8 Å². The van der Waals surface area contributed by atoms with Gasteiger partial charge >= 0.3 is 6.09 Å². The highest BCUT2D eigenvalue weighted by Crippen LogP contribution is 2.67. The van der Waals surface area contributed by atoms with Crippen LogP contribution in [-0.4, -0.2) is 76.5 Å². The molecule has 0 bridgehead atoms. The first kappa shape index (κ1) is 44.5. The maximum Gasteiger partial charge on any atom is 0.407 e. The molecule has 3 amide bonds. The molecule has 3 fully saturated rings. The van der Waals surface area contributed by atoms with Gasteiger partial charge in [-0.25, -0.2) is 4.79 Å². The maximum absolute atomic E-state index is 12.9. The Balaban J connectivity index is 1.15. The fraction of sp³-hybridized carbons (Fsp3) is 0.884. The number of rotatable bonds is 23. The van der Waals surface area contributed by atoms with Crippen molar-refractivity contribution < 1.29 is 19.1 Å². The third kappa shape index (κ3) is 12.1. The fourth-order valence-electron chi connectivity index (χ4n) is 11.3. The molecule has 0 heterocycles. The van der Waals surface area contributed by atoms with Crippen molar-refractivity contribution in [3.05, 3.63) is 11.6 Å². The van der Waals surface area contributed by atoms with Gasteiger partial charge in [-0.3, -0.25) is 9.59 Å². The summed E-state index contributed by atoms with van der Waals surface area (Å²) in [5.41, 5.74) is 13.3. The number of fused-ring (bicyclic) bond motifs is 5. The summed E-state index contributed by atoms with van der Waals surface area (Å²) in [7, 11) is 0. The van der Waals surface area contributed by atoms with Crippen molar-refractivity contribution in [3.8, 4) is 0 Å². The number of nitrogens with two attached hydrogens (primary N) is 2. The Morgan fingerprint density at radius 2 is 1.59 bits per heavy atom. The molecule has 4 rings (SSSR count). The molecule has 9 unspecified atom stereocenters. The summed E-state index contributed by atoms with van der Waals surface area (Å²) in [6.07, 6.45) is 18.8. The zero-order chi connectivity index (χ0) is 39.1. The van der Waals surface area contributed by atoms with Gasteiger partial charge in [0.05, 0.1) is 6.54 Å². The molecule has 9 N–H and O–H groups in total. The number of hydrogen-bond donors (Lipinski definition) is 7. The number of nitrogens with one attached hydrogen (secondary N) is 5. The molecule has 0 aliphatic heterocycles. The van der Waals surface area contributed by atoms with Gasteiger partial charge in [0.25, 0.3) is 0 Å². The number of carbonyl (C=O) groups is 3. The fourth-order valence-corrected chi connectivity index (χ4v) is 11.3. The summed E-state index contributed by atoms with van der Waals surface area (Å²) in [5, 5.41) is 14.8. The first-order valence-electron chi connectivity index (χ1n) is 21.9. The zero-order valence-electron chi connectivity index (χ0n) is 34.7. The largest absolute Gasteiger partial charge is 0.446 e. The predicted octanol–water partition coefficient (Wildman–Crippen LogP) is 5.59. The first-order valence-corrected chi connectivity index (χ1v) is 21.9. The number of carbonyl (C=O) groups excluding carboxylic acids is 3. The van der Waals surface area contributed by atoms with E-state index < -0.39 is 6.09 Å². The van der Waals surface area contributed by atoms with E-state index >= 15 is 0 Å². The summed E-state index contributed by atoms with van der Waals surface area (Å²) >= 11 is 0. The lowest BCUT2D eigenvalue weighted by molar-refractivity contribution is -0.128. The highest BCUT2D eigenvalue weighted by molar-refractivity contribution is 5.85. The Hall–Kier alpha value is -2.21. The molecule has 3 saturated carbocycles. The quantitative estimate of drug-likeness (QED) is 0.0402. The van der Waals surface area contributed by atoms with Crippen molar-refractivity contribution in [2.45, 2.75) is 137 Å². The average Bonchev–Trinajstić information content (AvgIpc) is 3.50. The van der Waals surface area contributed by atoms with Gasteiger partial charge in [0.2, 0.25) is 11.8 Å². The summed E-state index contributed by atoms with van der Waals surface area (Å²) in [5.74, 6) is 4.23. The molecule has 0 saturated heterocycles. The second-order valence-electron chi connectivity index (χ2n) is 18.3. The Bertz CT molecular complexity index is 1210. The standard InChI is InChI=1S/C43H79N7O4/c1-30(2)9-6-10-31(3)36-14-15-37-35-13-12-33-27-34(16-19-42(33,4)38(35)17-20-43(36,37)5)54-41(53)49-26-25-48-39(51)28-50-40(52)32(18-24-47-29-45)11-7-22-46-23-8-21-44/h12,30-32,34-38,46-47H,6-11,13-29,44-45H2,1-5H3,(H,48,51)(H,49,53)(H,50,52). The van der Waals surface area contributed by atoms with Crippen molar-refractivity contribution in [2.75, 3.05) is 52.5 Å². The minimum atomic E-state index is -0.431. The second kappa shape index (κ2) is 21.9. The van der Waals surface area contributed by atoms with Gasteiger partial charge in [-0.2, -0.15) is 0 Å². The summed E-state index contributed by atoms with van der Waals surface area (Å²) in [4.78, 5) is 38.1. The van der Waals surface area contributed by atoms with Gasteiger partial charge in [0.15, 0.2) is 0 Å². The Labute approximate surface area is 327 Å². The lowest BCUT2D eigenvalue weighted by atomic mass is 9.47. The number of ether oxygens (including phenoxy) is 1. The van der Waals surface area contributed by atoms with Crippen molar-refractivity contribution in [1.29, 1.82) is 0 Å². The first-order chi connectivity index (χ1) is 25.9. The highest BCUT2D eigenvalue weighted by atomic mass is 16.6. The van der Waals surface area contributed by atoms with Crippen LogP contribution in [-0.2, 0) is 14.3 Å². The van der Waals surface area contributed by atoms with E-state index in [0.717, 1.165) is 87.1 Å². The van der Waals surface area contributed by atoms with Gasteiger partial charge in [-0.05, 0) is 143 Å². The predicted molar refractivity (Wildman–Crippen MR) is 218 cm³/mol. The monoisotopic (exact) mass is 758 g/mol. The van der Waals surface area contributed by atoms with E-state index in [2.05, 4.69) is 67.3 Å². The lowest BCUT2D eigenvalue weighted by Crippen LogP contribution is -2.51. The van der Waals surface area contributed by atoms with Crippen molar-refractivity contribution in [2.24, 2.45) is 63.7 Å². The molecule has 4 aliphatic carbocycles. The van der Waals surface area contributed by atoms with E-state index in [1.54, 1.807) is 0 Å². The van der Waals surface area contributed by atoms with Crippen LogP contribution in [0.1, 0.15) is 131 Å². The van der Waals surface area contributed by atoms with E-state index in [-0.39, 0.29) is 48.9 Å². The molecule has 0 spiro atoms. The van der Waals surface area contributed by atoms with Crippen molar-refractivity contribution in [3.63, 3.8) is 0 Å². The zero-order valence-corrected chi connectivity index (χ0v) is 34.7. The average molecular weight is 758 g/mol. The summed E-state index contributed by atoms with van der Waals surface area (Å²) < 4.78 is 5.92. The number of hydrogen-bond acceptors (Lipinski definition) is 8. The SMILES string of the molecule is CC(C)CCCC(C)C1CCC2C3CC=C4CC(OC(=O)NCCNC(=O)CNC(=O)C(CCCNCCCN)CCNCN)CCC4(C)C3CCC12C. The molecule has 4 aliphatic rings. The molecule has 0 aromatic carbocycles. The van der Waals surface area contributed by atoms with Crippen LogP contribution in [0.3, 0.4) is 0 Å². The van der Waals surface area contributed by atoms with Gasteiger partial charge in [0.1, 0.15) is 6.10 Å². The van der Waals surface area contributed by atoms with Crippen LogP contribution in [0.25, 0.3) is 0 Å². The third-order valence-corrected chi connectivity index (χ3v) is 14.3. The van der Waals surface area contributed by atoms with Gasteiger partial charge in [-0.15, -0.1) is 0 Å². The molecule has 310 valence electrons. The maximum atomic E-state index is 12.9. The minimum absolute atomic E-state index is 0.102. The van der Waals surface area contributed by atoms with Crippen LogP contribution in [0.5, 0.6) is 0 Å². The Kier molecular flexibility index (Phi) is 18.1. The number of alkyl carbamates (subject to hydrolysis) is 1. The van der Waals surface area contributed by atoms with Gasteiger partial charge in [-0.1, -0.05) is 65.5 Å². The van der Waals surface area contributed by atoms with Crippen LogP contribution >= 0.6 is 0 Å². The molecule has 0 radical (unpaired) electrons. The van der Waals surface area contributed by atoms with Crippen LogP contribution < -0.4 is 38.1 Å². The molecule has 11 heteroatoms. The van der Waals surface area contributed by atoms with Crippen molar-refractivity contribution >= 4 is 17.9 Å². The molecule has 9 atom stereocenters. The van der Waals surface area contributed by atoms with Crippen LogP contribution in [0.4, 0.5) is 4.79 Å². The highest BCUT2D eigenvalue weighted by Gasteiger charge is 2.59. The summed E-state index contributed by atoms with van der Waals surface area (Å²) in [6, 6.07) is 0. The van der Waals surface area contributed by atoms with E-state index in [1.807, 2.05) is 0 Å². The molecule has 54 heavy (non-hydrogen) atoms. The smallest absolute Gasteiger partial charge is 0.407 e. The topological polar surface area (TPSA) is 173 Å². The molecule has 0 aromatic rings. The molecular formula is C43H79N7O4. The van der Waals surface area contributed by atoms with E-state index in [4.69, 9.17) is 16.2 Å². The lowest BCUT2D eigenvalue weighted by Gasteiger charge is -2.58. The minimum Gasteiger partial charge on any atom is -0.446 e. The van der Waals surface area contributed by atoms with E-state index in [1.165, 1.54) is 56.9 Å². The van der Waals surface area contributed by atoms with Crippen LogP contribution in [0.15, 0.2) is 11.6 Å². The van der Waals surface area contributed by atoms with Crippen molar-refractivity contribution in [1.82, 2.24) is 26.6 Å². The summed E-state index contributed by atoms with van der Waals surface area (Å²) in [6.45, 7) is 16.2. The third-order valence-electron chi connectivity index (χ3n) is 14.3. The van der Waals surface area contributed by atoms with E-state index in [9.17, 15) is 14.4 Å². The molecule has 11 nitrogen and oxygen atoms in total. The van der Waals surface area contributed by atoms with Crippen LogP contribution in [0, 0.1) is 52.3 Å². The number of allylic oxidation sites excluding steroid dienone is 1. The number of amides is 3. The van der Waals surface area contributed by atoms with E-state index in [0.29, 0.717) is 31.6 Å². The molecule has 0 aromatic heterocycles. The second-order valence-corrected chi connectivity index (χ2v) is 18.3. The van der Waals surface area contributed by atoms with Gasteiger partial charge in [0, 0.05) is 32.1 Å². The Morgan fingerprint density at radius 3 is 2.35 bits per heavy atom. The Morgan fingerprint density at radius 1 is 0.815 bits per heavy atom. The van der Waals surface area contributed by atoms with Crippen LogP contribution in [0.2, 0.25) is 0 Å². The normalized spacial score (nSPS) is 30.0. The molecular weight excluding hydrogens is 679 g/mol.